The molecule has 0 saturated heterocycles. The molecular formula is C19H30N2O3. The van der Waals surface area contributed by atoms with Crippen LogP contribution in [-0.4, -0.2) is 42.3 Å². The van der Waals surface area contributed by atoms with Gasteiger partial charge in [-0.1, -0.05) is 25.5 Å². The Morgan fingerprint density at radius 1 is 1.42 bits per heavy atom. The van der Waals surface area contributed by atoms with Crippen molar-refractivity contribution in [2.45, 2.75) is 52.2 Å². The van der Waals surface area contributed by atoms with E-state index in [1.54, 1.807) is 11.9 Å². The highest BCUT2D eigenvalue weighted by atomic mass is 16.5. The van der Waals surface area contributed by atoms with E-state index in [1.165, 1.54) is 0 Å². The first kappa shape index (κ1) is 18.6. The quantitative estimate of drug-likeness (QED) is 0.805. The summed E-state index contributed by atoms with van der Waals surface area (Å²) in [5.74, 6) is 1.04. The summed E-state index contributed by atoms with van der Waals surface area (Å²) in [5, 5.41) is 12.8. The molecule has 0 bridgehead atoms. The van der Waals surface area contributed by atoms with Gasteiger partial charge in [0.1, 0.15) is 5.75 Å². The second-order valence-electron chi connectivity index (χ2n) is 6.76. The zero-order chi connectivity index (χ0) is 17.5. The fourth-order valence-electron chi connectivity index (χ4n) is 3.12. The molecule has 5 nitrogen and oxygen atoms in total. The average molecular weight is 334 g/mol. The molecule has 0 radical (unpaired) electrons. The molecule has 0 spiro atoms. The molecule has 2 atom stereocenters. The molecule has 1 aliphatic rings. The van der Waals surface area contributed by atoms with E-state index in [0.717, 1.165) is 42.6 Å². The Morgan fingerprint density at radius 2 is 2.21 bits per heavy atom. The number of hydrogen-bond donors (Lipinski definition) is 2. The zero-order valence-electron chi connectivity index (χ0n) is 15.0. The number of ether oxygens (including phenoxy) is 1. The summed E-state index contributed by atoms with van der Waals surface area (Å²) in [6.45, 7) is 5.81. The van der Waals surface area contributed by atoms with Gasteiger partial charge in [0, 0.05) is 31.6 Å². The van der Waals surface area contributed by atoms with Gasteiger partial charge in [-0.2, -0.15) is 0 Å². The Kier molecular flexibility index (Phi) is 6.91. The smallest absolute Gasteiger partial charge is 0.317 e. The second-order valence-corrected chi connectivity index (χ2v) is 6.76. The number of aliphatic hydroxyl groups excluding tert-OH is 1. The van der Waals surface area contributed by atoms with Crippen LogP contribution in [0.2, 0.25) is 0 Å². The summed E-state index contributed by atoms with van der Waals surface area (Å²) in [6.07, 6.45) is 3.56. The molecule has 24 heavy (non-hydrogen) atoms. The Balaban J connectivity index is 1.88. The average Bonchev–Trinajstić information content (AvgIpc) is 2.96. The van der Waals surface area contributed by atoms with Crippen LogP contribution in [0.3, 0.4) is 0 Å². The lowest BCUT2D eigenvalue weighted by atomic mass is 10.1. The Bertz CT molecular complexity index is 547. The number of benzene rings is 1. The van der Waals surface area contributed by atoms with Gasteiger partial charge in [0.2, 0.25) is 0 Å². The molecule has 1 aliphatic carbocycles. The lowest BCUT2D eigenvalue weighted by molar-refractivity contribution is 0.114. The minimum Gasteiger partial charge on any atom is -0.493 e. The number of nitrogens with zero attached hydrogens (tertiary/aromatic N) is 1. The Morgan fingerprint density at radius 3 is 2.88 bits per heavy atom. The van der Waals surface area contributed by atoms with Gasteiger partial charge in [0.05, 0.1) is 12.7 Å². The molecule has 0 aliphatic heterocycles. The van der Waals surface area contributed by atoms with Crippen LogP contribution in [0.15, 0.2) is 18.2 Å². The van der Waals surface area contributed by atoms with E-state index in [-0.39, 0.29) is 18.1 Å². The number of hydrogen-bond acceptors (Lipinski definition) is 3. The molecule has 2 amide bonds. The van der Waals surface area contributed by atoms with E-state index in [9.17, 15) is 9.90 Å². The first-order valence-electron chi connectivity index (χ1n) is 8.90. The van der Waals surface area contributed by atoms with Crippen molar-refractivity contribution < 1.29 is 14.6 Å². The summed E-state index contributed by atoms with van der Waals surface area (Å²) in [4.78, 5) is 14.0. The highest BCUT2D eigenvalue weighted by Gasteiger charge is 2.27. The largest absolute Gasteiger partial charge is 0.493 e. The van der Waals surface area contributed by atoms with Gasteiger partial charge in [0.25, 0.3) is 0 Å². The lowest BCUT2D eigenvalue weighted by Gasteiger charge is -2.24. The van der Waals surface area contributed by atoms with Crippen LogP contribution >= 0.6 is 0 Å². The van der Waals surface area contributed by atoms with Crippen LogP contribution in [0.5, 0.6) is 5.75 Å². The highest BCUT2D eigenvalue weighted by molar-refractivity contribution is 5.74. The van der Waals surface area contributed by atoms with Crippen molar-refractivity contribution in [3.8, 4) is 5.75 Å². The molecule has 1 aromatic carbocycles. The minimum atomic E-state index is -0.272. The number of carbonyl (C=O) groups is 1. The predicted octanol–water partition coefficient (Wildman–Crippen LogP) is 3.09. The normalized spacial score (nSPS) is 20.0. The number of rotatable bonds is 7. The number of aryl methyl sites for hydroxylation is 1. The maximum Gasteiger partial charge on any atom is 0.317 e. The van der Waals surface area contributed by atoms with Crippen molar-refractivity contribution in [2.75, 3.05) is 20.2 Å². The Hall–Kier alpha value is -1.75. The molecule has 0 aromatic heterocycles. The first-order valence-corrected chi connectivity index (χ1v) is 8.90. The fourth-order valence-corrected chi connectivity index (χ4v) is 3.12. The van der Waals surface area contributed by atoms with E-state index in [0.29, 0.717) is 19.7 Å². The topological polar surface area (TPSA) is 61.8 Å². The van der Waals surface area contributed by atoms with Gasteiger partial charge in [0.15, 0.2) is 0 Å². The van der Waals surface area contributed by atoms with E-state index in [2.05, 4.69) is 12.2 Å². The molecule has 1 aromatic rings. The van der Waals surface area contributed by atoms with Gasteiger partial charge in [-0.05, 0) is 37.8 Å². The third-order valence-corrected chi connectivity index (χ3v) is 4.59. The fraction of sp³-hybridized carbons (Fsp3) is 0.632. The number of carbonyl (C=O) groups excluding carboxylic acids is 1. The molecular weight excluding hydrogens is 304 g/mol. The Labute approximate surface area is 145 Å². The lowest BCUT2D eigenvalue weighted by Crippen LogP contribution is -2.40. The summed E-state index contributed by atoms with van der Waals surface area (Å²) < 4.78 is 5.78. The van der Waals surface area contributed by atoms with Crippen molar-refractivity contribution in [3.63, 3.8) is 0 Å². The van der Waals surface area contributed by atoms with Crippen LogP contribution in [0.1, 0.15) is 43.7 Å². The number of nitrogens with one attached hydrogen (secondary N) is 1. The van der Waals surface area contributed by atoms with E-state index in [1.807, 2.05) is 25.1 Å². The summed E-state index contributed by atoms with van der Waals surface area (Å²) in [7, 11) is 1.78. The molecule has 1 fully saturated rings. The van der Waals surface area contributed by atoms with Crippen LogP contribution in [0.25, 0.3) is 0 Å². The molecule has 134 valence electrons. The summed E-state index contributed by atoms with van der Waals surface area (Å²) in [6, 6.07) is 5.92. The van der Waals surface area contributed by atoms with Gasteiger partial charge >= 0.3 is 6.03 Å². The van der Waals surface area contributed by atoms with Gasteiger partial charge in [-0.3, -0.25) is 0 Å². The van der Waals surface area contributed by atoms with Crippen LogP contribution < -0.4 is 10.1 Å². The van der Waals surface area contributed by atoms with Crippen LogP contribution in [0.4, 0.5) is 4.79 Å². The first-order chi connectivity index (χ1) is 11.5. The van der Waals surface area contributed by atoms with Gasteiger partial charge in [-0.15, -0.1) is 0 Å². The van der Waals surface area contributed by atoms with Crippen molar-refractivity contribution in [3.05, 3.63) is 29.3 Å². The standard InChI is InChI=1S/C19H30N2O3/c1-4-10-24-18-11-14(2)8-9-15(18)12-20-19(23)21(3)13-16-6-5-7-17(16)22/h8-9,11,16-17,22H,4-7,10,12-13H2,1-3H3,(H,20,23). The van der Waals surface area contributed by atoms with Gasteiger partial charge < -0.3 is 20.1 Å². The van der Waals surface area contributed by atoms with Crippen molar-refractivity contribution in [1.29, 1.82) is 0 Å². The zero-order valence-corrected chi connectivity index (χ0v) is 15.0. The molecule has 2 unspecified atom stereocenters. The number of aliphatic hydroxyl groups is 1. The molecule has 1 saturated carbocycles. The molecule has 0 heterocycles. The van der Waals surface area contributed by atoms with Crippen molar-refractivity contribution >= 4 is 6.03 Å². The monoisotopic (exact) mass is 334 g/mol. The highest BCUT2D eigenvalue weighted by Crippen LogP contribution is 2.26. The van der Waals surface area contributed by atoms with Crippen molar-refractivity contribution in [2.24, 2.45) is 5.92 Å². The predicted molar refractivity (Wildman–Crippen MR) is 95.2 cm³/mol. The van der Waals surface area contributed by atoms with Gasteiger partial charge in [-0.25, -0.2) is 4.79 Å². The maximum absolute atomic E-state index is 12.3. The molecule has 2 N–H and O–H groups in total. The summed E-state index contributed by atoms with van der Waals surface area (Å²) >= 11 is 0. The SMILES string of the molecule is CCCOc1cc(C)ccc1CNC(=O)N(C)CC1CCCC1O. The third kappa shape index (κ3) is 5.13. The van der Waals surface area contributed by atoms with Crippen molar-refractivity contribution in [1.82, 2.24) is 10.2 Å². The van der Waals surface area contributed by atoms with Crippen LogP contribution in [0, 0.1) is 12.8 Å². The van der Waals surface area contributed by atoms with E-state index in [4.69, 9.17) is 4.74 Å². The third-order valence-electron chi connectivity index (χ3n) is 4.59. The minimum absolute atomic E-state index is 0.115. The molecule has 5 heteroatoms. The van der Waals surface area contributed by atoms with E-state index >= 15 is 0 Å². The second kappa shape index (κ2) is 8.92. The maximum atomic E-state index is 12.3. The van der Waals surface area contributed by atoms with Crippen LogP contribution in [-0.2, 0) is 6.54 Å². The summed E-state index contributed by atoms with van der Waals surface area (Å²) in [5.41, 5.74) is 2.13. The molecule has 2 rings (SSSR count). The number of urea groups is 1. The van der Waals surface area contributed by atoms with E-state index < -0.39 is 0 Å². The number of amides is 2.